The van der Waals surface area contributed by atoms with E-state index in [2.05, 4.69) is 20.7 Å². The average Bonchev–Trinajstić information content (AvgIpc) is 2.16. The Morgan fingerprint density at radius 1 is 1.31 bits per heavy atom. The topological polar surface area (TPSA) is 46.2 Å². The van der Waals surface area contributed by atoms with Crippen LogP contribution in [0.1, 0.15) is 31.4 Å². The summed E-state index contributed by atoms with van der Waals surface area (Å²) in [6.07, 6.45) is 2.92. The molecule has 0 aromatic heterocycles. The van der Waals surface area contributed by atoms with Crippen LogP contribution in [0.25, 0.3) is 0 Å². The standard InChI is InChI=1S/C11H16BrNO2S/c1-3-4-11(13-16(2,14)15)9-5-7-10(12)8-6-9/h5-8,11,13H,3-4H2,1-2H3. The summed E-state index contributed by atoms with van der Waals surface area (Å²) < 4.78 is 26.1. The Hall–Kier alpha value is -0.390. The molecule has 1 atom stereocenters. The molecule has 0 saturated heterocycles. The van der Waals surface area contributed by atoms with Gasteiger partial charge in [0.25, 0.3) is 0 Å². The summed E-state index contributed by atoms with van der Waals surface area (Å²) in [5, 5.41) is 0. The minimum atomic E-state index is -3.17. The van der Waals surface area contributed by atoms with Crippen molar-refractivity contribution in [1.82, 2.24) is 4.72 Å². The van der Waals surface area contributed by atoms with Gasteiger partial charge in [-0.05, 0) is 24.1 Å². The lowest BCUT2D eigenvalue weighted by Gasteiger charge is -2.17. The van der Waals surface area contributed by atoms with Crippen LogP contribution >= 0.6 is 15.9 Å². The maximum Gasteiger partial charge on any atom is 0.209 e. The Morgan fingerprint density at radius 2 is 1.88 bits per heavy atom. The summed E-state index contributed by atoms with van der Waals surface area (Å²) >= 11 is 3.36. The van der Waals surface area contributed by atoms with E-state index in [4.69, 9.17) is 0 Å². The minimum Gasteiger partial charge on any atom is -0.213 e. The zero-order chi connectivity index (χ0) is 12.2. The van der Waals surface area contributed by atoms with Crippen LogP contribution in [0, 0.1) is 0 Å². The first-order valence-electron chi connectivity index (χ1n) is 5.15. The van der Waals surface area contributed by atoms with Crippen LogP contribution < -0.4 is 4.72 Å². The number of nitrogens with one attached hydrogen (secondary N) is 1. The van der Waals surface area contributed by atoms with Crippen molar-refractivity contribution < 1.29 is 8.42 Å². The Morgan fingerprint density at radius 3 is 2.31 bits per heavy atom. The second kappa shape index (κ2) is 5.80. The van der Waals surface area contributed by atoms with Crippen molar-refractivity contribution in [3.63, 3.8) is 0 Å². The van der Waals surface area contributed by atoms with Gasteiger partial charge in [-0.15, -0.1) is 0 Å². The number of halogens is 1. The summed E-state index contributed by atoms with van der Waals surface area (Å²) in [5.74, 6) is 0. The molecule has 1 unspecified atom stereocenters. The molecule has 0 heterocycles. The average molecular weight is 306 g/mol. The SMILES string of the molecule is CCCC(NS(C)(=O)=O)c1ccc(Br)cc1. The van der Waals surface area contributed by atoms with Gasteiger partial charge in [-0.3, -0.25) is 0 Å². The fourth-order valence-electron chi connectivity index (χ4n) is 1.54. The smallest absolute Gasteiger partial charge is 0.209 e. The number of rotatable bonds is 5. The van der Waals surface area contributed by atoms with Gasteiger partial charge < -0.3 is 0 Å². The Bertz CT molecular complexity index is 428. The zero-order valence-corrected chi connectivity index (χ0v) is 11.8. The van der Waals surface area contributed by atoms with Gasteiger partial charge in [0, 0.05) is 10.5 Å². The van der Waals surface area contributed by atoms with Crippen molar-refractivity contribution in [1.29, 1.82) is 0 Å². The predicted molar refractivity (Wildman–Crippen MR) is 69.8 cm³/mol. The molecule has 16 heavy (non-hydrogen) atoms. The summed E-state index contributed by atoms with van der Waals surface area (Å²) in [6.45, 7) is 2.04. The van der Waals surface area contributed by atoms with Crippen LogP contribution in [0.15, 0.2) is 28.7 Å². The van der Waals surface area contributed by atoms with E-state index < -0.39 is 10.0 Å². The first-order chi connectivity index (χ1) is 7.42. The second-order valence-corrected chi connectivity index (χ2v) is 6.48. The highest BCUT2D eigenvalue weighted by Crippen LogP contribution is 2.21. The number of sulfonamides is 1. The third-order valence-electron chi connectivity index (χ3n) is 2.21. The maximum atomic E-state index is 11.2. The van der Waals surface area contributed by atoms with Crippen molar-refractivity contribution >= 4 is 26.0 Å². The third kappa shape index (κ3) is 4.63. The van der Waals surface area contributed by atoms with Crippen LogP contribution in [0.2, 0.25) is 0 Å². The Labute approximate surface area is 105 Å². The first-order valence-corrected chi connectivity index (χ1v) is 7.83. The molecule has 0 aliphatic heterocycles. The Balaban J connectivity index is 2.89. The summed E-state index contributed by atoms with van der Waals surface area (Å²) in [4.78, 5) is 0. The van der Waals surface area contributed by atoms with E-state index >= 15 is 0 Å². The lowest BCUT2D eigenvalue weighted by molar-refractivity contribution is 0.540. The van der Waals surface area contributed by atoms with Crippen molar-refractivity contribution in [2.24, 2.45) is 0 Å². The minimum absolute atomic E-state index is 0.131. The molecule has 0 amide bonds. The normalized spacial score (nSPS) is 13.7. The van der Waals surface area contributed by atoms with Crippen molar-refractivity contribution in [3.8, 4) is 0 Å². The molecule has 1 aromatic rings. The van der Waals surface area contributed by atoms with Gasteiger partial charge in [-0.25, -0.2) is 13.1 Å². The van der Waals surface area contributed by atoms with Crippen LogP contribution in [0.5, 0.6) is 0 Å². The molecule has 0 saturated carbocycles. The van der Waals surface area contributed by atoms with Crippen LogP contribution in [0.4, 0.5) is 0 Å². The van der Waals surface area contributed by atoms with Crippen LogP contribution in [0.3, 0.4) is 0 Å². The fraction of sp³-hybridized carbons (Fsp3) is 0.455. The van der Waals surface area contributed by atoms with Crippen LogP contribution in [-0.4, -0.2) is 14.7 Å². The lowest BCUT2D eigenvalue weighted by Crippen LogP contribution is -2.27. The van der Waals surface area contributed by atoms with E-state index in [-0.39, 0.29) is 6.04 Å². The highest BCUT2D eigenvalue weighted by Gasteiger charge is 2.14. The molecule has 3 nitrogen and oxygen atoms in total. The van der Waals surface area contributed by atoms with Gasteiger partial charge in [-0.2, -0.15) is 0 Å². The van der Waals surface area contributed by atoms with Gasteiger partial charge in [0.2, 0.25) is 10.0 Å². The molecule has 5 heteroatoms. The molecule has 90 valence electrons. The molecule has 0 fully saturated rings. The van der Waals surface area contributed by atoms with Crippen LogP contribution in [-0.2, 0) is 10.0 Å². The molecule has 0 spiro atoms. The number of hydrogen-bond donors (Lipinski definition) is 1. The van der Waals surface area contributed by atoms with Crippen molar-refractivity contribution in [3.05, 3.63) is 34.3 Å². The summed E-state index contributed by atoms with van der Waals surface area (Å²) in [6, 6.07) is 7.57. The van der Waals surface area contributed by atoms with Crippen molar-refractivity contribution in [2.45, 2.75) is 25.8 Å². The van der Waals surface area contributed by atoms with Gasteiger partial charge >= 0.3 is 0 Å². The molecule has 1 rings (SSSR count). The third-order valence-corrected chi connectivity index (χ3v) is 3.45. The zero-order valence-electron chi connectivity index (χ0n) is 9.40. The highest BCUT2D eigenvalue weighted by atomic mass is 79.9. The van der Waals surface area contributed by atoms with E-state index in [1.165, 1.54) is 6.26 Å². The fourth-order valence-corrected chi connectivity index (χ4v) is 2.57. The second-order valence-electron chi connectivity index (χ2n) is 3.78. The first kappa shape index (κ1) is 13.7. The van der Waals surface area contributed by atoms with E-state index in [0.29, 0.717) is 0 Å². The number of hydrogen-bond acceptors (Lipinski definition) is 2. The van der Waals surface area contributed by atoms with E-state index in [1.807, 2.05) is 31.2 Å². The molecule has 1 N–H and O–H groups in total. The molecular weight excluding hydrogens is 290 g/mol. The van der Waals surface area contributed by atoms with E-state index in [9.17, 15) is 8.42 Å². The largest absolute Gasteiger partial charge is 0.213 e. The summed E-state index contributed by atoms with van der Waals surface area (Å²) in [7, 11) is -3.17. The maximum absolute atomic E-state index is 11.2. The van der Waals surface area contributed by atoms with Gasteiger partial charge in [0.05, 0.1) is 6.26 Å². The molecule has 0 bridgehead atoms. The molecule has 0 aliphatic carbocycles. The van der Waals surface area contributed by atoms with Crippen molar-refractivity contribution in [2.75, 3.05) is 6.26 Å². The molecule has 0 radical (unpaired) electrons. The molecule has 0 aliphatic rings. The number of benzene rings is 1. The lowest BCUT2D eigenvalue weighted by atomic mass is 10.0. The van der Waals surface area contributed by atoms with Gasteiger partial charge in [0.1, 0.15) is 0 Å². The molecular formula is C11H16BrNO2S. The van der Waals surface area contributed by atoms with E-state index in [1.54, 1.807) is 0 Å². The van der Waals surface area contributed by atoms with Gasteiger partial charge in [-0.1, -0.05) is 41.4 Å². The highest BCUT2D eigenvalue weighted by molar-refractivity contribution is 9.10. The van der Waals surface area contributed by atoms with E-state index in [0.717, 1.165) is 22.9 Å². The predicted octanol–water partition coefficient (Wildman–Crippen LogP) is 2.84. The van der Waals surface area contributed by atoms with Gasteiger partial charge in [0.15, 0.2) is 0 Å². The monoisotopic (exact) mass is 305 g/mol. The summed E-state index contributed by atoms with van der Waals surface area (Å²) in [5.41, 5.74) is 0.996. The Kier molecular flexibility index (Phi) is 4.95. The molecule has 1 aromatic carbocycles. The quantitative estimate of drug-likeness (QED) is 0.909.